The first-order valence-electron chi connectivity index (χ1n) is 7.42. The molecule has 0 N–H and O–H groups in total. The fourth-order valence-electron chi connectivity index (χ4n) is 2.87. The van der Waals surface area contributed by atoms with Gasteiger partial charge in [-0.05, 0) is 0 Å². The molecule has 0 fully saturated rings. The molecule has 0 atom stereocenters. The monoisotopic (exact) mass is 466 g/mol. The van der Waals surface area contributed by atoms with E-state index in [0.29, 0.717) is 0 Å². The van der Waals surface area contributed by atoms with E-state index in [1.807, 2.05) is 0 Å². The number of hydrogen-bond donors (Lipinski definition) is 0. The molecule has 0 unspecified atom stereocenters. The Balaban J connectivity index is 2.41. The van der Waals surface area contributed by atoms with E-state index >= 15 is 0 Å². The van der Waals surface area contributed by atoms with Crippen LogP contribution in [0.25, 0.3) is 0 Å². The van der Waals surface area contributed by atoms with Crippen molar-refractivity contribution < 1.29 is 0 Å². The summed E-state index contributed by atoms with van der Waals surface area (Å²) in [6, 6.07) is 32.9. The molecule has 0 bridgehead atoms. The van der Waals surface area contributed by atoms with Gasteiger partial charge in [0.2, 0.25) is 0 Å². The van der Waals surface area contributed by atoms with Gasteiger partial charge in [-0.15, -0.1) is 0 Å². The normalized spacial score (nSPS) is 13.3. The first kappa shape index (κ1) is 15.8. The molecule has 0 nitrogen and oxygen atoms in total. The summed E-state index contributed by atoms with van der Waals surface area (Å²) in [6.45, 7) is 2.32. The molecule has 0 saturated carbocycles. The summed E-state index contributed by atoms with van der Waals surface area (Å²) in [5, 5.41) is 0. The van der Waals surface area contributed by atoms with Gasteiger partial charge in [0.1, 0.15) is 0 Å². The maximum absolute atomic E-state index is 4.40. The minimum atomic E-state index is -3.36. The van der Waals surface area contributed by atoms with Crippen LogP contribution in [-0.2, 0) is 0 Å². The van der Waals surface area contributed by atoms with Gasteiger partial charge in [0.25, 0.3) is 0 Å². The fourth-order valence-corrected chi connectivity index (χ4v) is 17.4. The average molecular weight is 467 g/mol. The third-order valence-electron chi connectivity index (χ3n) is 4.07. The van der Waals surface area contributed by atoms with E-state index in [1.54, 1.807) is 0 Å². The number of benzene rings is 3. The van der Waals surface area contributed by atoms with Crippen LogP contribution in [0.4, 0.5) is 0 Å². The molecule has 3 aromatic rings. The summed E-state index contributed by atoms with van der Waals surface area (Å²) < 4.78 is 5.41. The van der Waals surface area contributed by atoms with Crippen molar-refractivity contribution in [2.24, 2.45) is 0 Å². The van der Waals surface area contributed by atoms with Gasteiger partial charge in [-0.25, -0.2) is 0 Å². The summed E-state index contributed by atoms with van der Waals surface area (Å²) >= 11 is 1.04. The fraction of sp³-hybridized carbons (Fsp3) is 0.100. The first-order chi connectivity index (χ1) is 10.7. The van der Waals surface area contributed by atoms with Crippen LogP contribution in [0.2, 0.25) is 0 Å². The molecule has 0 amide bonds. The summed E-state index contributed by atoms with van der Waals surface area (Å²) in [6.07, 6.45) is 0. The van der Waals surface area contributed by atoms with Crippen LogP contribution in [0.1, 0.15) is 6.92 Å². The Morgan fingerprint density at radius 2 is 0.864 bits per heavy atom. The van der Waals surface area contributed by atoms with E-state index in [0.717, 1.165) is 4.43 Å². The molecular weight excluding hydrogens is 447 g/mol. The maximum atomic E-state index is 4.40. The van der Waals surface area contributed by atoms with Crippen LogP contribution in [0.15, 0.2) is 91.0 Å². The number of rotatable bonds is 4. The van der Waals surface area contributed by atoms with E-state index in [4.69, 9.17) is 0 Å². The van der Waals surface area contributed by atoms with Gasteiger partial charge in [0.15, 0.2) is 0 Å². The Hall–Kier alpha value is -1.13. The molecule has 0 aliphatic heterocycles. The molecule has 0 aromatic heterocycles. The number of halogens is 2. The van der Waals surface area contributed by atoms with Gasteiger partial charge < -0.3 is 0 Å². The van der Waals surface area contributed by atoms with Crippen molar-refractivity contribution >= 4 is 27.5 Å². The van der Waals surface area contributed by atoms with Crippen molar-refractivity contribution in [1.29, 1.82) is 0 Å². The van der Waals surface area contributed by atoms with Gasteiger partial charge in [-0.3, -0.25) is 0 Å². The Labute approximate surface area is 140 Å². The molecular formula is C20H20BrI. The molecule has 0 heterocycles. The van der Waals surface area contributed by atoms with Crippen molar-refractivity contribution in [3.05, 3.63) is 102 Å². The minimum absolute atomic E-state index is 1.10. The molecule has 0 aliphatic rings. The summed E-state index contributed by atoms with van der Waals surface area (Å²) in [5.41, 5.74) is 0. The van der Waals surface area contributed by atoms with Crippen molar-refractivity contribution in [1.82, 2.24) is 0 Å². The second-order valence-electron chi connectivity index (χ2n) is 5.15. The van der Waals surface area contributed by atoms with E-state index in [2.05, 4.69) is 111 Å². The average Bonchev–Trinajstić information content (AvgIpc) is 2.63. The van der Waals surface area contributed by atoms with Gasteiger partial charge in [0, 0.05) is 0 Å². The van der Waals surface area contributed by atoms with Crippen LogP contribution in [0, 0.1) is 10.7 Å². The molecule has 3 aromatic carbocycles. The van der Waals surface area contributed by atoms with Crippen LogP contribution < -0.4 is 0 Å². The predicted molar refractivity (Wildman–Crippen MR) is 109 cm³/mol. The molecule has 0 spiro atoms. The van der Waals surface area contributed by atoms with Crippen LogP contribution in [-0.4, -0.2) is 4.43 Å². The predicted octanol–water partition coefficient (Wildman–Crippen LogP) is 6.50. The second kappa shape index (κ2) is 6.17. The van der Waals surface area contributed by atoms with E-state index in [9.17, 15) is 0 Å². The van der Waals surface area contributed by atoms with Crippen molar-refractivity contribution in [2.75, 3.05) is 4.43 Å². The molecule has 0 saturated heterocycles. The van der Waals surface area contributed by atoms with Crippen LogP contribution in [0.5, 0.6) is 0 Å². The van der Waals surface area contributed by atoms with E-state index < -0.39 is 14.8 Å². The van der Waals surface area contributed by atoms with Crippen molar-refractivity contribution in [3.63, 3.8) is 0 Å². The zero-order valence-corrected chi connectivity index (χ0v) is 16.4. The first-order valence-corrected chi connectivity index (χ1v) is 17.0. The van der Waals surface area contributed by atoms with Gasteiger partial charge >= 0.3 is 141 Å². The zero-order chi connectivity index (χ0) is 15.5. The summed E-state index contributed by atoms with van der Waals surface area (Å²) in [5.74, 6) is 0. The standard InChI is InChI=1S/C20H20BrI/c1-2-22(21,18-12-6-3-7-13-18,19-14-8-4-9-15-19)20-16-10-5-11-17-20/h3-17H,2H2,1H3. The SMILES string of the molecule is CCI(Br)(c1ccccc1)(c1ccccc1)c1ccccc1. The topological polar surface area (TPSA) is 0 Å². The summed E-state index contributed by atoms with van der Waals surface area (Å²) in [4.78, 5) is 0. The molecule has 0 radical (unpaired) electrons. The van der Waals surface area contributed by atoms with E-state index in [-0.39, 0.29) is 0 Å². The number of alkyl halides is 1. The van der Waals surface area contributed by atoms with Crippen molar-refractivity contribution in [3.8, 4) is 0 Å². The molecule has 2 heteroatoms. The Morgan fingerprint density at radius 1 is 0.591 bits per heavy atom. The third kappa shape index (κ3) is 2.33. The van der Waals surface area contributed by atoms with Crippen LogP contribution in [0.3, 0.4) is 0 Å². The van der Waals surface area contributed by atoms with Gasteiger partial charge in [0.05, 0.1) is 0 Å². The Morgan fingerprint density at radius 3 is 1.09 bits per heavy atom. The Kier molecular flexibility index (Phi) is 4.42. The second-order valence-corrected chi connectivity index (χ2v) is 25.0. The van der Waals surface area contributed by atoms with Gasteiger partial charge in [-0.2, -0.15) is 0 Å². The van der Waals surface area contributed by atoms with Gasteiger partial charge in [-0.1, -0.05) is 0 Å². The quantitative estimate of drug-likeness (QED) is 0.304. The Bertz CT molecular complexity index is 639. The number of hydrogen-bond acceptors (Lipinski definition) is 0. The zero-order valence-electron chi connectivity index (χ0n) is 12.6. The third-order valence-corrected chi connectivity index (χ3v) is 26.7. The van der Waals surface area contributed by atoms with Crippen LogP contribution >= 0.6 is 27.5 Å². The molecule has 3 rings (SSSR count). The molecule has 22 heavy (non-hydrogen) atoms. The van der Waals surface area contributed by atoms with Crippen molar-refractivity contribution in [2.45, 2.75) is 6.92 Å². The summed E-state index contributed by atoms with van der Waals surface area (Å²) in [7, 11) is 0. The van der Waals surface area contributed by atoms with E-state index in [1.165, 1.54) is 10.7 Å². The molecule has 0 aliphatic carbocycles. The molecule has 114 valence electrons.